The molecule has 22 heavy (non-hydrogen) atoms. The number of fused-ring (bicyclic) bond motifs is 1. The minimum absolute atomic E-state index is 0.157. The molecule has 1 aromatic heterocycles. The standard InChI is InChI=1S/C16H15N3O3/c1-11(12-5-4-8-17-9-12)18-19-16(20)15-10-21-13-6-2-3-7-14(13)22-15/h2-9,15H,10H2,1H3,(H,19,20)/b18-11+. The van der Waals surface area contributed by atoms with E-state index in [4.69, 9.17) is 9.47 Å². The van der Waals surface area contributed by atoms with Crippen molar-refractivity contribution in [3.63, 3.8) is 0 Å². The number of para-hydroxylation sites is 2. The van der Waals surface area contributed by atoms with Crippen LogP contribution in [-0.4, -0.2) is 29.3 Å². The number of hydrazone groups is 1. The molecule has 112 valence electrons. The fourth-order valence-electron chi connectivity index (χ4n) is 2.00. The van der Waals surface area contributed by atoms with E-state index in [9.17, 15) is 4.79 Å². The van der Waals surface area contributed by atoms with Crippen molar-refractivity contribution in [2.75, 3.05) is 6.61 Å². The molecule has 1 unspecified atom stereocenters. The second-order valence-corrected chi connectivity index (χ2v) is 4.78. The first-order chi connectivity index (χ1) is 10.7. The summed E-state index contributed by atoms with van der Waals surface area (Å²) in [4.78, 5) is 16.1. The number of carbonyl (C=O) groups excluding carboxylic acids is 1. The van der Waals surface area contributed by atoms with Crippen molar-refractivity contribution < 1.29 is 14.3 Å². The van der Waals surface area contributed by atoms with Gasteiger partial charge in [0, 0.05) is 18.0 Å². The average Bonchev–Trinajstić information content (AvgIpc) is 2.59. The van der Waals surface area contributed by atoms with Crippen LogP contribution in [0.5, 0.6) is 11.5 Å². The van der Waals surface area contributed by atoms with Gasteiger partial charge in [-0.1, -0.05) is 18.2 Å². The van der Waals surface area contributed by atoms with Crippen molar-refractivity contribution in [3.8, 4) is 11.5 Å². The molecule has 2 aromatic rings. The van der Waals surface area contributed by atoms with Crippen molar-refractivity contribution >= 4 is 11.6 Å². The number of amides is 1. The van der Waals surface area contributed by atoms with Gasteiger partial charge in [-0.05, 0) is 25.1 Å². The largest absolute Gasteiger partial charge is 0.485 e. The van der Waals surface area contributed by atoms with E-state index in [1.165, 1.54) is 0 Å². The summed E-state index contributed by atoms with van der Waals surface area (Å²) in [6.45, 7) is 1.95. The van der Waals surface area contributed by atoms with Gasteiger partial charge in [0.1, 0.15) is 6.61 Å². The highest BCUT2D eigenvalue weighted by Gasteiger charge is 2.27. The van der Waals surface area contributed by atoms with Crippen LogP contribution in [0.2, 0.25) is 0 Å². The molecule has 1 N–H and O–H groups in total. The van der Waals surface area contributed by atoms with Crippen LogP contribution in [0.25, 0.3) is 0 Å². The number of hydrogen-bond donors (Lipinski definition) is 1. The van der Waals surface area contributed by atoms with Gasteiger partial charge in [0.25, 0.3) is 5.91 Å². The first kappa shape index (κ1) is 14.1. The van der Waals surface area contributed by atoms with Crippen LogP contribution in [0.3, 0.4) is 0 Å². The van der Waals surface area contributed by atoms with Crippen molar-refractivity contribution in [1.82, 2.24) is 10.4 Å². The lowest BCUT2D eigenvalue weighted by molar-refractivity contribution is -0.130. The van der Waals surface area contributed by atoms with Gasteiger partial charge < -0.3 is 9.47 Å². The zero-order valence-corrected chi connectivity index (χ0v) is 12.0. The number of rotatable bonds is 3. The fraction of sp³-hybridized carbons (Fsp3) is 0.188. The summed E-state index contributed by atoms with van der Waals surface area (Å²) in [6, 6.07) is 10.9. The molecule has 1 amide bonds. The first-order valence-electron chi connectivity index (χ1n) is 6.87. The smallest absolute Gasteiger partial charge is 0.284 e. The molecule has 6 nitrogen and oxygen atoms in total. The van der Waals surface area contributed by atoms with E-state index in [0.717, 1.165) is 5.56 Å². The van der Waals surface area contributed by atoms with Crippen LogP contribution >= 0.6 is 0 Å². The predicted octanol–water partition coefficient (Wildman–Crippen LogP) is 1.76. The monoisotopic (exact) mass is 297 g/mol. The molecule has 6 heteroatoms. The predicted molar refractivity (Wildman–Crippen MR) is 80.9 cm³/mol. The zero-order chi connectivity index (χ0) is 15.4. The van der Waals surface area contributed by atoms with E-state index < -0.39 is 6.10 Å². The molecule has 0 bridgehead atoms. The van der Waals surface area contributed by atoms with Gasteiger partial charge in [0.05, 0.1) is 5.71 Å². The number of nitrogens with one attached hydrogen (secondary N) is 1. The van der Waals surface area contributed by atoms with E-state index in [2.05, 4.69) is 15.5 Å². The fourth-order valence-corrected chi connectivity index (χ4v) is 2.00. The van der Waals surface area contributed by atoms with Crippen molar-refractivity contribution in [1.29, 1.82) is 0 Å². The molecule has 1 aliphatic heterocycles. The average molecular weight is 297 g/mol. The molecule has 0 saturated heterocycles. The third-order valence-corrected chi connectivity index (χ3v) is 3.21. The third-order valence-electron chi connectivity index (χ3n) is 3.21. The number of aromatic nitrogens is 1. The number of pyridine rings is 1. The van der Waals surface area contributed by atoms with Gasteiger partial charge in [0.2, 0.25) is 6.10 Å². The molecule has 0 fully saturated rings. The van der Waals surface area contributed by atoms with Crippen molar-refractivity contribution in [2.45, 2.75) is 13.0 Å². The van der Waals surface area contributed by atoms with E-state index in [-0.39, 0.29) is 12.5 Å². The lowest BCUT2D eigenvalue weighted by Crippen LogP contribution is -2.42. The molecule has 2 heterocycles. The summed E-state index contributed by atoms with van der Waals surface area (Å²) in [5, 5.41) is 4.07. The second kappa shape index (κ2) is 6.26. The Labute approximate surface area is 127 Å². The summed E-state index contributed by atoms with van der Waals surface area (Å²) in [5.74, 6) is 0.848. The van der Waals surface area contributed by atoms with Gasteiger partial charge in [-0.15, -0.1) is 0 Å². The van der Waals surface area contributed by atoms with Crippen molar-refractivity contribution in [3.05, 3.63) is 54.4 Å². The van der Waals surface area contributed by atoms with E-state index >= 15 is 0 Å². The quantitative estimate of drug-likeness (QED) is 0.692. The number of nitrogens with zero attached hydrogens (tertiary/aromatic N) is 2. The molecule has 3 rings (SSSR count). The summed E-state index contributed by atoms with van der Waals surface area (Å²) < 4.78 is 11.1. The molecule has 0 saturated carbocycles. The normalized spacial score (nSPS) is 17.0. The maximum atomic E-state index is 12.1. The summed E-state index contributed by atoms with van der Waals surface area (Å²) in [5.41, 5.74) is 4.00. The Bertz CT molecular complexity index is 701. The van der Waals surface area contributed by atoms with Gasteiger partial charge in [-0.25, -0.2) is 5.43 Å². The summed E-state index contributed by atoms with van der Waals surface area (Å²) in [7, 11) is 0. The topological polar surface area (TPSA) is 72.8 Å². The van der Waals surface area contributed by atoms with Crippen LogP contribution in [0.4, 0.5) is 0 Å². The molecule has 0 aliphatic carbocycles. The van der Waals surface area contributed by atoms with Crippen LogP contribution < -0.4 is 14.9 Å². The van der Waals surface area contributed by atoms with Crippen molar-refractivity contribution in [2.24, 2.45) is 5.10 Å². The van der Waals surface area contributed by atoms with E-state index in [1.807, 2.05) is 24.3 Å². The Kier molecular flexibility index (Phi) is 4.00. The molecule has 0 spiro atoms. The Hall–Kier alpha value is -2.89. The number of ether oxygens (including phenoxy) is 2. The number of carbonyl (C=O) groups is 1. The first-order valence-corrected chi connectivity index (χ1v) is 6.87. The number of hydrogen-bond acceptors (Lipinski definition) is 5. The lowest BCUT2D eigenvalue weighted by atomic mass is 10.2. The Morgan fingerprint density at radius 1 is 1.27 bits per heavy atom. The summed E-state index contributed by atoms with van der Waals surface area (Å²) in [6.07, 6.45) is 2.64. The van der Waals surface area contributed by atoms with E-state index in [1.54, 1.807) is 31.5 Å². The Morgan fingerprint density at radius 2 is 2.09 bits per heavy atom. The highest BCUT2D eigenvalue weighted by atomic mass is 16.6. The zero-order valence-electron chi connectivity index (χ0n) is 12.0. The maximum Gasteiger partial charge on any atom is 0.284 e. The van der Waals surface area contributed by atoms with Gasteiger partial charge >= 0.3 is 0 Å². The lowest BCUT2D eigenvalue weighted by Gasteiger charge is -2.24. The number of benzene rings is 1. The van der Waals surface area contributed by atoms with E-state index in [0.29, 0.717) is 17.2 Å². The van der Waals surface area contributed by atoms with Gasteiger partial charge in [-0.3, -0.25) is 9.78 Å². The molecular formula is C16H15N3O3. The van der Waals surface area contributed by atoms with Gasteiger partial charge in [0.15, 0.2) is 11.5 Å². The maximum absolute atomic E-state index is 12.1. The molecule has 1 aliphatic rings. The SMILES string of the molecule is C/C(=N\NC(=O)C1COc2ccccc2O1)c1cccnc1. The molecule has 1 aromatic carbocycles. The Morgan fingerprint density at radius 3 is 2.86 bits per heavy atom. The van der Waals surface area contributed by atoms with Crippen LogP contribution in [0.1, 0.15) is 12.5 Å². The minimum atomic E-state index is -0.722. The van der Waals surface area contributed by atoms with Gasteiger partial charge in [-0.2, -0.15) is 5.10 Å². The third kappa shape index (κ3) is 3.06. The Balaban J connectivity index is 1.64. The highest BCUT2D eigenvalue weighted by molar-refractivity contribution is 5.99. The summed E-state index contributed by atoms with van der Waals surface area (Å²) >= 11 is 0. The minimum Gasteiger partial charge on any atom is -0.485 e. The highest BCUT2D eigenvalue weighted by Crippen LogP contribution is 2.30. The van der Waals surface area contributed by atoms with Crippen LogP contribution in [-0.2, 0) is 4.79 Å². The second-order valence-electron chi connectivity index (χ2n) is 4.78. The van der Waals surface area contributed by atoms with Crippen LogP contribution in [0, 0.1) is 0 Å². The molecule has 1 atom stereocenters. The molecular weight excluding hydrogens is 282 g/mol. The van der Waals surface area contributed by atoms with Crippen LogP contribution in [0.15, 0.2) is 53.9 Å². The molecule has 0 radical (unpaired) electrons.